The van der Waals surface area contributed by atoms with Crippen molar-refractivity contribution in [3.8, 4) is 0 Å². The largest absolute Gasteiger partial charge is 0.460 e. The Bertz CT molecular complexity index is 277. The number of nitrogens with zero attached hydrogens (tertiary/aromatic N) is 1. The molecule has 2 rings (SSSR count). The minimum absolute atomic E-state index is 0.0405. The third kappa shape index (κ3) is 2.78. The number of likely N-dealkylation sites (N-methyl/N-ethyl adjacent to an activating group) is 1. The Balaban J connectivity index is 1.92. The SMILES string of the molecule is CN1CCC(OC(=O)C2(CN)CCOCC2)C1. The van der Waals surface area contributed by atoms with E-state index in [1.807, 2.05) is 7.05 Å². The van der Waals surface area contributed by atoms with Crippen LogP contribution in [0, 0.1) is 5.41 Å². The van der Waals surface area contributed by atoms with Gasteiger partial charge in [0.2, 0.25) is 0 Å². The zero-order chi connectivity index (χ0) is 12.3. The maximum absolute atomic E-state index is 12.2. The van der Waals surface area contributed by atoms with Gasteiger partial charge >= 0.3 is 5.97 Å². The number of nitrogens with two attached hydrogens (primary N) is 1. The molecule has 2 aliphatic heterocycles. The van der Waals surface area contributed by atoms with Crippen LogP contribution in [0.25, 0.3) is 0 Å². The summed E-state index contributed by atoms with van der Waals surface area (Å²) < 4.78 is 10.9. The van der Waals surface area contributed by atoms with Crippen LogP contribution in [0.4, 0.5) is 0 Å². The molecule has 0 aromatic carbocycles. The molecule has 2 heterocycles. The third-order valence-corrected chi connectivity index (χ3v) is 3.90. The Labute approximate surface area is 102 Å². The van der Waals surface area contributed by atoms with Crippen LogP contribution in [0.5, 0.6) is 0 Å². The molecule has 0 aliphatic carbocycles. The van der Waals surface area contributed by atoms with Crippen molar-refractivity contribution < 1.29 is 14.3 Å². The van der Waals surface area contributed by atoms with Crippen molar-refractivity contribution in [1.29, 1.82) is 0 Å². The number of esters is 1. The number of hydrogen-bond donors (Lipinski definition) is 1. The molecular weight excluding hydrogens is 220 g/mol. The van der Waals surface area contributed by atoms with Gasteiger partial charge in [-0.3, -0.25) is 4.79 Å². The van der Waals surface area contributed by atoms with Crippen molar-refractivity contribution in [3.63, 3.8) is 0 Å². The fraction of sp³-hybridized carbons (Fsp3) is 0.917. The average Bonchev–Trinajstić information content (AvgIpc) is 2.75. The molecule has 2 fully saturated rings. The number of carbonyl (C=O) groups is 1. The molecule has 0 bridgehead atoms. The van der Waals surface area contributed by atoms with Gasteiger partial charge in [0.25, 0.3) is 0 Å². The third-order valence-electron chi connectivity index (χ3n) is 3.90. The molecule has 5 nitrogen and oxygen atoms in total. The number of ether oxygens (including phenoxy) is 2. The van der Waals surface area contributed by atoms with Gasteiger partial charge in [0, 0.05) is 32.8 Å². The van der Waals surface area contributed by atoms with Crippen molar-refractivity contribution in [3.05, 3.63) is 0 Å². The molecule has 1 atom stereocenters. The molecule has 0 spiro atoms. The molecule has 5 heteroatoms. The van der Waals surface area contributed by atoms with Gasteiger partial charge in [-0.25, -0.2) is 0 Å². The molecule has 2 N–H and O–H groups in total. The van der Waals surface area contributed by atoms with Crippen molar-refractivity contribution >= 4 is 5.97 Å². The van der Waals surface area contributed by atoms with Crippen LogP contribution < -0.4 is 5.73 Å². The maximum atomic E-state index is 12.2. The van der Waals surface area contributed by atoms with E-state index in [0.717, 1.165) is 19.5 Å². The van der Waals surface area contributed by atoms with Gasteiger partial charge in [-0.15, -0.1) is 0 Å². The predicted molar refractivity (Wildman–Crippen MR) is 63.5 cm³/mol. The first-order chi connectivity index (χ1) is 8.16. The van der Waals surface area contributed by atoms with E-state index in [1.54, 1.807) is 0 Å². The van der Waals surface area contributed by atoms with E-state index in [0.29, 0.717) is 32.6 Å². The van der Waals surface area contributed by atoms with Gasteiger partial charge in [-0.2, -0.15) is 0 Å². The van der Waals surface area contributed by atoms with Gasteiger partial charge < -0.3 is 20.1 Å². The Kier molecular flexibility index (Phi) is 4.01. The fourth-order valence-electron chi connectivity index (χ4n) is 2.52. The Morgan fingerprint density at radius 3 is 2.76 bits per heavy atom. The highest BCUT2D eigenvalue weighted by Gasteiger charge is 2.41. The summed E-state index contributed by atoms with van der Waals surface area (Å²) in [5.41, 5.74) is 5.27. The summed E-state index contributed by atoms with van der Waals surface area (Å²) in [5.74, 6) is -0.122. The molecule has 0 aromatic rings. The van der Waals surface area contributed by atoms with E-state index in [9.17, 15) is 4.79 Å². The zero-order valence-electron chi connectivity index (χ0n) is 10.5. The van der Waals surface area contributed by atoms with Crippen molar-refractivity contribution in [2.24, 2.45) is 11.1 Å². The topological polar surface area (TPSA) is 64.8 Å². The lowest BCUT2D eigenvalue weighted by Gasteiger charge is -2.34. The molecule has 1 unspecified atom stereocenters. The number of rotatable bonds is 3. The van der Waals surface area contributed by atoms with Crippen LogP contribution >= 0.6 is 0 Å². The molecule has 0 amide bonds. The Hall–Kier alpha value is -0.650. The van der Waals surface area contributed by atoms with E-state index in [1.165, 1.54) is 0 Å². The van der Waals surface area contributed by atoms with Crippen molar-refractivity contribution in [1.82, 2.24) is 4.90 Å². The average molecular weight is 242 g/mol. The second kappa shape index (κ2) is 5.33. The lowest BCUT2D eigenvalue weighted by Crippen LogP contribution is -2.45. The van der Waals surface area contributed by atoms with Gasteiger partial charge in [-0.05, 0) is 26.3 Å². The standard InChI is InChI=1S/C12H22N2O3/c1-14-5-2-10(8-14)17-11(15)12(9-13)3-6-16-7-4-12/h10H,2-9,13H2,1H3. The fourth-order valence-corrected chi connectivity index (χ4v) is 2.52. The van der Waals surface area contributed by atoms with E-state index in [2.05, 4.69) is 4.90 Å². The summed E-state index contributed by atoms with van der Waals surface area (Å²) in [4.78, 5) is 14.4. The normalized spacial score (nSPS) is 29.2. The number of likely N-dealkylation sites (tertiary alicyclic amines) is 1. The summed E-state index contributed by atoms with van der Waals surface area (Å²) >= 11 is 0. The van der Waals surface area contributed by atoms with Crippen LogP contribution in [-0.2, 0) is 14.3 Å². The lowest BCUT2D eigenvalue weighted by molar-refractivity contribution is -0.166. The first kappa shape index (κ1) is 12.8. The highest BCUT2D eigenvalue weighted by Crippen LogP contribution is 2.31. The monoisotopic (exact) mass is 242 g/mol. The summed E-state index contributed by atoms with van der Waals surface area (Å²) in [6.45, 7) is 3.41. The summed E-state index contributed by atoms with van der Waals surface area (Å²) in [7, 11) is 2.04. The second-order valence-electron chi connectivity index (χ2n) is 5.18. The molecule has 0 radical (unpaired) electrons. The van der Waals surface area contributed by atoms with Gasteiger partial charge in [-0.1, -0.05) is 0 Å². The van der Waals surface area contributed by atoms with Gasteiger partial charge in [0.15, 0.2) is 0 Å². The smallest absolute Gasteiger partial charge is 0.313 e. The summed E-state index contributed by atoms with van der Waals surface area (Å²) in [6.07, 6.45) is 2.34. The van der Waals surface area contributed by atoms with E-state index in [-0.39, 0.29) is 12.1 Å². The van der Waals surface area contributed by atoms with Crippen LogP contribution in [-0.4, -0.2) is 56.9 Å². The van der Waals surface area contributed by atoms with Crippen LogP contribution in [0.1, 0.15) is 19.3 Å². The van der Waals surface area contributed by atoms with Crippen LogP contribution in [0.15, 0.2) is 0 Å². The molecule has 17 heavy (non-hydrogen) atoms. The summed E-state index contributed by atoms with van der Waals surface area (Å²) in [6, 6.07) is 0. The van der Waals surface area contributed by atoms with E-state index < -0.39 is 5.41 Å². The number of hydrogen-bond acceptors (Lipinski definition) is 5. The van der Waals surface area contributed by atoms with E-state index in [4.69, 9.17) is 15.2 Å². The minimum atomic E-state index is -0.501. The Morgan fingerprint density at radius 2 is 2.24 bits per heavy atom. The van der Waals surface area contributed by atoms with Crippen LogP contribution in [0.3, 0.4) is 0 Å². The number of carbonyl (C=O) groups excluding carboxylic acids is 1. The summed E-state index contributed by atoms with van der Waals surface area (Å²) in [5, 5.41) is 0. The van der Waals surface area contributed by atoms with Crippen molar-refractivity contribution in [2.45, 2.75) is 25.4 Å². The highest BCUT2D eigenvalue weighted by molar-refractivity contribution is 5.77. The van der Waals surface area contributed by atoms with Gasteiger partial charge in [0.1, 0.15) is 6.10 Å². The molecule has 2 saturated heterocycles. The first-order valence-electron chi connectivity index (χ1n) is 6.34. The lowest BCUT2D eigenvalue weighted by atomic mass is 9.80. The molecular formula is C12H22N2O3. The second-order valence-corrected chi connectivity index (χ2v) is 5.18. The van der Waals surface area contributed by atoms with Crippen molar-refractivity contribution in [2.75, 3.05) is 39.9 Å². The molecule has 0 saturated carbocycles. The zero-order valence-corrected chi connectivity index (χ0v) is 10.5. The quantitative estimate of drug-likeness (QED) is 0.705. The highest BCUT2D eigenvalue weighted by atomic mass is 16.5. The van der Waals surface area contributed by atoms with Crippen LogP contribution in [0.2, 0.25) is 0 Å². The predicted octanol–water partition coefficient (Wildman–Crippen LogP) is -0.0108. The van der Waals surface area contributed by atoms with E-state index >= 15 is 0 Å². The first-order valence-corrected chi connectivity index (χ1v) is 6.34. The van der Waals surface area contributed by atoms with Gasteiger partial charge in [0.05, 0.1) is 5.41 Å². The molecule has 0 aromatic heterocycles. The Morgan fingerprint density at radius 1 is 1.53 bits per heavy atom. The minimum Gasteiger partial charge on any atom is -0.460 e. The molecule has 98 valence electrons. The maximum Gasteiger partial charge on any atom is 0.313 e. The molecule has 2 aliphatic rings.